The molecule has 3 saturated heterocycles. The summed E-state index contributed by atoms with van der Waals surface area (Å²) in [6, 6.07) is 0.0919. The van der Waals surface area contributed by atoms with Gasteiger partial charge in [0.15, 0.2) is 0 Å². The maximum atomic E-state index is 13.3. The maximum Gasteiger partial charge on any atom is 0.144 e. The first kappa shape index (κ1) is 44.8. The first-order chi connectivity index (χ1) is 27.9. The zero-order valence-electron chi connectivity index (χ0n) is 35.0. The highest BCUT2D eigenvalue weighted by molar-refractivity contribution is 5.73. The zero-order valence-corrected chi connectivity index (χ0v) is 35.0. The van der Waals surface area contributed by atoms with Crippen LogP contribution in [0.5, 0.6) is 0 Å². The quantitative estimate of drug-likeness (QED) is 0.0781. The highest BCUT2D eigenvalue weighted by Crippen LogP contribution is 2.67. The van der Waals surface area contributed by atoms with E-state index in [1.807, 2.05) is 6.08 Å². The molecular weight excluding hydrogens is 746 g/mol. The molecule has 7 rings (SSSR count). The van der Waals surface area contributed by atoms with Gasteiger partial charge in [-0.2, -0.15) is 0 Å². The summed E-state index contributed by atoms with van der Waals surface area (Å²) in [5, 5.41) is 71.1. The third-order valence-corrected chi connectivity index (χ3v) is 16.7. The molecule has 3 aliphatic heterocycles. The van der Waals surface area contributed by atoms with Gasteiger partial charge in [0.25, 0.3) is 0 Å². The number of carboxylic acids is 1. The van der Waals surface area contributed by atoms with Gasteiger partial charge in [-0.15, -0.1) is 0 Å². The van der Waals surface area contributed by atoms with Gasteiger partial charge in [-0.3, -0.25) is 5.73 Å². The maximum absolute atomic E-state index is 13.3. The van der Waals surface area contributed by atoms with Crippen molar-refractivity contribution in [2.45, 2.75) is 177 Å². The summed E-state index contributed by atoms with van der Waals surface area (Å²) in [6.45, 7) is 2.95. The number of carbonyl (C=O) groups is 1. The Labute approximate surface area is 345 Å². The number of aliphatic hydroxyl groups excluding tert-OH is 5. The number of hydrogen-bond acceptors (Lipinski definition) is 12. The molecule has 0 radical (unpaired) electrons. The average molecular weight is 823 g/mol. The highest BCUT2D eigenvalue weighted by atomic mass is 16.6. The molecule has 58 heavy (non-hydrogen) atoms. The van der Waals surface area contributed by atoms with Crippen LogP contribution in [-0.2, 0) is 23.7 Å². The number of piperidine rings is 2. The van der Waals surface area contributed by atoms with Gasteiger partial charge in [-0.25, -0.2) is 0 Å². The Kier molecular flexibility index (Phi) is 15.0. The van der Waals surface area contributed by atoms with E-state index in [2.05, 4.69) is 23.6 Å². The molecule has 3 heterocycles. The summed E-state index contributed by atoms with van der Waals surface area (Å²) in [6.07, 6.45) is 12.3. The third-order valence-electron chi connectivity index (χ3n) is 16.7. The van der Waals surface area contributed by atoms with Crippen molar-refractivity contribution in [2.24, 2.45) is 52.1 Å². The van der Waals surface area contributed by atoms with Crippen LogP contribution in [0.25, 0.3) is 0 Å². The summed E-state index contributed by atoms with van der Waals surface area (Å²) < 4.78 is 25.2. The minimum atomic E-state index is -1.02. The number of allylic oxidation sites excluding steroid dienone is 1. The van der Waals surface area contributed by atoms with E-state index in [-0.39, 0.29) is 78.9 Å². The van der Waals surface area contributed by atoms with Crippen LogP contribution in [0.4, 0.5) is 0 Å². The normalized spacial score (nSPS) is 46.9. The van der Waals surface area contributed by atoms with Gasteiger partial charge in [0.05, 0.1) is 61.9 Å². The Hall–Kier alpha value is -1.27. The van der Waals surface area contributed by atoms with Crippen molar-refractivity contribution in [1.82, 2.24) is 0 Å². The van der Waals surface area contributed by atoms with Gasteiger partial charge in [-0.05, 0) is 107 Å². The summed E-state index contributed by atoms with van der Waals surface area (Å²) >= 11 is 0. The molecule has 14 heteroatoms. The molecule has 6 fully saturated rings. The Bertz CT molecular complexity index is 1370. The van der Waals surface area contributed by atoms with Crippen molar-refractivity contribution in [3.8, 4) is 0 Å². The van der Waals surface area contributed by atoms with Crippen molar-refractivity contribution in [2.75, 3.05) is 33.7 Å². The number of fused-ring (bicyclic) bond motifs is 1. The minimum absolute atomic E-state index is 0.0119. The van der Waals surface area contributed by atoms with Gasteiger partial charge >= 0.3 is 0 Å². The molecule has 18 atom stereocenters. The molecule has 2 spiro atoms. The Morgan fingerprint density at radius 2 is 1.69 bits per heavy atom. The number of ether oxygens (including phenoxy) is 4. The van der Waals surface area contributed by atoms with Crippen LogP contribution in [0.1, 0.15) is 110 Å². The molecule has 4 aliphatic carbocycles. The van der Waals surface area contributed by atoms with Crippen molar-refractivity contribution in [3.63, 3.8) is 0 Å². The lowest BCUT2D eigenvalue weighted by Gasteiger charge is -2.61. The van der Waals surface area contributed by atoms with Crippen molar-refractivity contribution >= 4 is 5.97 Å². The zero-order chi connectivity index (χ0) is 41.2. The van der Waals surface area contributed by atoms with Gasteiger partial charge < -0.3 is 65.0 Å². The molecule has 332 valence electrons. The SMILES string of the molecule is COC1CC(C2OC(CCC3CCC(O)C(OCO)C3)CC(O)C2CCO)CC(OCC2[NH2+]C(C)CC3(CCCC3)C23C(C(=O)[O-])C=CC3C2CC[NH2+]C(N)C2)C1O. The first-order valence-electron chi connectivity index (χ1n) is 22.9. The molecule has 7 aliphatic rings. The number of nitrogens with two attached hydrogens (primary N) is 3. The minimum Gasteiger partial charge on any atom is -0.549 e. The van der Waals surface area contributed by atoms with E-state index in [1.165, 1.54) is 0 Å². The lowest BCUT2D eigenvalue weighted by molar-refractivity contribution is -0.754. The van der Waals surface area contributed by atoms with Crippen LogP contribution in [0, 0.1) is 46.3 Å². The third kappa shape index (κ3) is 8.83. The topological polar surface area (TPSA) is 237 Å². The van der Waals surface area contributed by atoms with Gasteiger partial charge in [0.1, 0.15) is 25.1 Å². The second-order valence-electron chi connectivity index (χ2n) is 19.8. The van der Waals surface area contributed by atoms with Crippen LogP contribution < -0.4 is 21.5 Å². The molecule has 0 aromatic rings. The number of aliphatic carboxylic acids is 1. The fourth-order valence-corrected chi connectivity index (χ4v) is 14.3. The van der Waals surface area contributed by atoms with Gasteiger partial charge in [-0.1, -0.05) is 25.0 Å². The molecule has 0 aromatic carbocycles. The Morgan fingerprint density at radius 3 is 2.40 bits per heavy atom. The first-order valence-corrected chi connectivity index (χ1v) is 22.9. The smallest absolute Gasteiger partial charge is 0.144 e. The molecule has 3 saturated carbocycles. The van der Waals surface area contributed by atoms with Crippen LogP contribution in [0.15, 0.2) is 12.2 Å². The van der Waals surface area contributed by atoms with E-state index in [0.717, 1.165) is 70.8 Å². The van der Waals surface area contributed by atoms with E-state index in [1.54, 1.807) is 7.11 Å². The fourth-order valence-electron chi connectivity index (χ4n) is 14.3. The molecule has 14 nitrogen and oxygen atoms in total. The van der Waals surface area contributed by atoms with Gasteiger partial charge in [0.2, 0.25) is 0 Å². The fraction of sp³-hybridized carbons (Fsp3) is 0.932. The lowest BCUT2D eigenvalue weighted by atomic mass is 9.45. The van der Waals surface area contributed by atoms with E-state index in [0.29, 0.717) is 44.4 Å². The van der Waals surface area contributed by atoms with Crippen molar-refractivity contribution in [3.05, 3.63) is 12.2 Å². The average Bonchev–Trinajstić information content (AvgIpc) is 3.84. The van der Waals surface area contributed by atoms with Crippen LogP contribution >= 0.6 is 0 Å². The van der Waals surface area contributed by atoms with E-state index < -0.39 is 54.6 Å². The number of carbonyl (C=O) groups excluding carboxylic acids is 1. The molecule has 11 N–H and O–H groups in total. The second kappa shape index (κ2) is 19.4. The van der Waals surface area contributed by atoms with E-state index in [9.17, 15) is 35.4 Å². The second-order valence-corrected chi connectivity index (χ2v) is 19.8. The predicted molar refractivity (Wildman–Crippen MR) is 210 cm³/mol. The van der Waals surface area contributed by atoms with Crippen LogP contribution in [0.3, 0.4) is 0 Å². The monoisotopic (exact) mass is 823 g/mol. The number of aliphatic hydroxyl groups is 5. The van der Waals surface area contributed by atoms with Crippen molar-refractivity contribution < 1.29 is 65.0 Å². The van der Waals surface area contributed by atoms with E-state index >= 15 is 0 Å². The Balaban J connectivity index is 1.11. The highest BCUT2D eigenvalue weighted by Gasteiger charge is 2.70. The Morgan fingerprint density at radius 1 is 0.914 bits per heavy atom. The molecule has 18 unspecified atom stereocenters. The number of hydrogen-bond donors (Lipinski definition) is 8. The molecule has 0 bridgehead atoms. The summed E-state index contributed by atoms with van der Waals surface area (Å²) in [5.41, 5.74) is 5.76. The lowest BCUT2D eigenvalue weighted by Crippen LogP contribution is -3.03. The summed E-state index contributed by atoms with van der Waals surface area (Å²) in [7, 11) is 1.60. The number of rotatable bonds is 14. The summed E-state index contributed by atoms with van der Waals surface area (Å²) in [5.74, 6) is -1.58. The van der Waals surface area contributed by atoms with Crippen molar-refractivity contribution in [1.29, 1.82) is 0 Å². The van der Waals surface area contributed by atoms with Crippen LogP contribution in [-0.4, -0.2) is 132 Å². The van der Waals surface area contributed by atoms with Crippen LogP contribution in [0.2, 0.25) is 0 Å². The number of carboxylic acid groups (broad SMARTS) is 1. The van der Waals surface area contributed by atoms with Gasteiger partial charge in [0, 0.05) is 56.2 Å². The largest absolute Gasteiger partial charge is 0.549 e. The number of quaternary nitrogens is 2. The molecule has 0 aromatic heterocycles. The predicted octanol–water partition coefficient (Wildman–Crippen LogP) is -0.968. The number of methoxy groups -OCH3 is 1. The summed E-state index contributed by atoms with van der Waals surface area (Å²) in [4.78, 5) is 13.3. The molecule has 0 amide bonds. The van der Waals surface area contributed by atoms with E-state index in [4.69, 9.17) is 24.7 Å². The standard InChI is InChI=1S/C44H75N3O11/c1-25-22-43(13-3-4-14-43)44(31(8-9-32(44)42(53)54)27-11-15-46-39(45)20-27)38(47-25)23-56-37-19-28(18-36(55-2)40(37)52)41-30(12-16-48)34(51)21-29(58-41)7-5-26-6-10-33(50)35(17-26)57-24-49/h8-9,25-41,46-52H,3-7,10-24,45H2,1-2H3,(H,53,54)/p+1. The molecular formula is C44H76N3O11+.